The van der Waals surface area contributed by atoms with Gasteiger partial charge in [-0.1, -0.05) is 61.0 Å². The molecule has 36 heavy (non-hydrogen) atoms. The summed E-state index contributed by atoms with van der Waals surface area (Å²) in [4.78, 5) is 17.5. The summed E-state index contributed by atoms with van der Waals surface area (Å²) in [7, 11) is 2.98. The zero-order valence-corrected chi connectivity index (χ0v) is 22.1. The summed E-state index contributed by atoms with van der Waals surface area (Å²) in [5.74, 6) is 2.28. The van der Waals surface area contributed by atoms with Crippen molar-refractivity contribution in [1.29, 1.82) is 0 Å². The number of ether oxygens (including phenoxy) is 3. The molecule has 1 aromatic heterocycles. The molecule has 1 atom stereocenters. The molecule has 0 bridgehead atoms. The Morgan fingerprint density at radius 3 is 2.58 bits per heavy atom. The van der Waals surface area contributed by atoms with E-state index >= 15 is 0 Å². The Morgan fingerprint density at radius 2 is 1.89 bits per heavy atom. The number of fused-ring (bicyclic) bond motifs is 1. The molecular weight excluding hydrogens is 476 g/mol. The number of benzene rings is 2. The summed E-state index contributed by atoms with van der Waals surface area (Å²) in [6.45, 7) is 6.47. The number of esters is 1. The first-order valence-electron chi connectivity index (χ1n) is 12.0. The quantitative estimate of drug-likeness (QED) is 0.217. The van der Waals surface area contributed by atoms with Gasteiger partial charge in [-0.25, -0.2) is 9.48 Å². The van der Waals surface area contributed by atoms with Gasteiger partial charge in [0, 0.05) is 11.4 Å². The number of hydrogen-bond donors (Lipinski definition) is 1. The van der Waals surface area contributed by atoms with E-state index in [2.05, 4.69) is 36.3 Å². The second-order valence-electron chi connectivity index (χ2n) is 8.61. The van der Waals surface area contributed by atoms with Crippen LogP contribution in [-0.4, -0.2) is 40.7 Å². The largest absolute Gasteiger partial charge is 0.493 e. The molecule has 0 amide bonds. The van der Waals surface area contributed by atoms with Gasteiger partial charge in [-0.2, -0.15) is 4.98 Å². The number of unbranched alkanes of at least 4 members (excludes halogenated alkanes) is 1. The third-order valence-electron chi connectivity index (χ3n) is 5.99. The lowest BCUT2D eigenvalue weighted by atomic mass is 9.95. The zero-order chi connectivity index (χ0) is 25.7. The van der Waals surface area contributed by atoms with E-state index in [1.54, 1.807) is 23.6 Å². The monoisotopic (exact) mass is 508 g/mol. The molecule has 0 radical (unpaired) electrons. The average molecular weight is 509 g/mol. The van der Waals surface area contributed by atoms with Gasteiger partial charge in [0.2, 0.25) is 11.1 Å². The molecule has 190 valence electrons. The fourth-order valence-corrected chi connectivity index (χ4v) is 4.91. The number of allylic oxidation sites excluding steroid dienone is 1. The predicted molar refractivity (Wildman–Crippen MR) is 141 cm³/mol. The lowest BCUT2D eigenvalue weighted by Gasteiger charge is -2.28. The molecule has 0 saturated carbocycles. The highest BCUT2D eigenvalue weighted by Crippen LogP contribution is 2.40. The van der Waals surface area contributed by atoms with Crippen LogP contribution in [0.3, 0.4) is 0 Å². The highest BCUT2D eigenvalue weighted by Gasteiger charge is 2.35. The number of rotatable bonds is 10. The summed E-state index contributed by atoms with van der Waals surface area (Å²) in [5.41, 5.74) is 4.22. The molecular formula is C27H32N4O4S. The predicted octanol–water partition coefficient (Wildman–Crippen LogP) is 5.53. The van der Waals surface area contributed by atoms with Gasteiger partial charge in [-0.3, -0.25) is 0 Å². The zero-order valence-electron chi connectivity index (χ0n) is 21.3. The van der Waals surface area contributed by atoms with Gasteiger partial charge in [0.05, 0.1) is 19.8 Å². The van der Waals surface area contributed by atoms with E-state index in [-0.39, 0.29) is 0 Å². The molecule has 0 aliphatic carbocycles. The lowest BCUT2D eigenvalue weighted by molar-refractivity contribution is -0.136. The highest BCUT2D eigenvalue weighted by molar-refractivity contribution is 7.99. The van der Waals surface area contributed by atoms with Gasteiger partial charge in [0.15, 0.2) is 11.5 Å². The Kier molecular flexibility index (Phi) is 8.20. The summed E-state index contributed by atoms with van der Waals surface area (Å²) < 4.78 is 18.6. The maximum absolute atomic E-state index is 12.9. The summed E-state index contributed by atoms with van der Waals surface area (Å²) in [6, 6.07) is 13.4. The Balaban J connectivity index is 1.67. The fourth-order valence-electron chi connectivity index (χ4n) is 4.00. The van der Waals surface area contributed by atoms with Crippen LogP contribution in [0.5, 0.6) is 11.5 Å². The molecule has 0 fully saturated rings. The van der Waals surface area contributed by atoms with Crippen LogP contribution >= 0.6 is 11.8 Å². The maximum Gasteiger partial charge on any atom is 0.338 e. The number of carbonyl (C=O) groups is 1. The van der Waals surface area contributed by atoms with E-state index in [9.17, 15) is 4.79 Å². The topological polar surface area (TPSA) is 87.5 Å². The van der Waals surface area contributed by atoms with Crippen molar-refractivity contribution in [3.8, 4) is 11.5 Å². The van der Waals surface area contributed by atoms with E-state index in [0.29, 0.717) is 40.5 Å². The van der Waals surface area contributed by atoms with Gasteiger partial charge in [0.1, 0.15) is 12.6 Å². The molecule has 1 unspecified atom stereocenters. The molecule has 2 aromatic carbocycles. The molecule has 1 N–H and O–H groups in total. The summed E-state index contributed by atoms with van der Waals surface area (Å²) in [6.07, 6.45) is 2.18. The summed E-state index contributed by atoms with van der Waals surface area (Å²) >= 11 is 1.61. The Morgan fingerprint density at radius 1 is 1.11 bits per heavy atom. The molecule has 2 heterocycles. The van der Waals surface area contributed by atoms with Crippen LogP contribution in [0.15, 0.2) is 58.9 Å². The highest BCUT2D eigenvalue weighted by atomic mass is 32.2. The van der Waals surface area contributed by atoms with Crippen molar-refractivity contribution in [1.82, 2.24) is 14.8 Å². The average Bonchev–Trinajstić information content (AvgIpc) is 3.29. The summed E-state index contributed by atoms with van der Waals surface area (Å²) in [5, 5.41) is 8.62. The molecule has 1 aliphatic heterocycles. The normalized spacial score (nSPS) is 14.8. The first kappa shape index (κ1) is 25.6. The van der Waals surface area contributed by atoms with Crippen LogP contribution in [0.2, 0.25) is 0 Å². The van der Waals surface area contributed by atoms with Crippen LogP contribution in [-0.2, 0) is 16.1 Å². The maximum atomic E-state index is 12.9. The van der Waals surface area contributed by atoms with Gasteiger partial charge < -0.3 is 19.5 Å². The van der Waals surface area contributed by atoms with Gasteiger partial charge in [-0.15, -0.1) is 5.10 Å². The standard InChI is InChI=1S/C27H32N4O4S/c1-6-7-14-36-27-29-26-28-18(3)23(25(32)34-5)24(31(26)30-27)20-12-13-21(22(15-20)33-4)35-16-19-10-8-17(2)9-11-19/h8-13,15,24H,6-7,14,16H2,1-5H3,(H,28,29,30). The van der Waals surface area contributed by atoms with E-state index in [0.717, 1.165) is 29.7 Å². The number of nitrogens with zero attached hydrogens (tertiary/aromatic N) is 3. The van der Waals surface area contributed by atoms with Gasteiger partial charge in [-0.05, 0) is 43.5 Å². The minimum Gasteiger partial charge on any atom is -0.493 e. The lowest BCUT2D eigenvalue weighted by Crippen LogP contribution is -2.29. The number of methoxy groups -OCH3 is 2. The van der Waals surface area contributed by atoms with Crippen LogP contribution in [0, 0.1) is 6.92 Å². The van der Waals surface area contributed by atoms with Crippen molar-refractivity contribution in [2.24, 2.45) is 0 Å². The van der Waals surface area contributed by atoms with Gasteiger partial charge in [0.25, 0.3) is 0 Å². The second-order valence-corrected chi connectivity index (χ2v) is 9.67. The molecule has 4 rings (SSSR count). The second kappa shape index (κ2) is 11.5. The molecule has 3 aromatic rings. The third kappa shape index (κ3) is 5.51. The first-order chi connectivity index (χ1) is 17.4. The van der Waals surface area contributed by atoms with E-state index < -0.39 is 12.0 Å². The van der Waals surface area contributed by atoms with E-state index in [4.69, 9.17) is 19.3 Å². The molecule has 1 aliphatic rings. The third-order valence-corrected chi connectivity index (χ3v) is 6.91. The molecule has 0 spiro atoms. The number of aryl methyl sites for hydroxylation is 1. The minimum absolute atomic E-state index is 0.418. The molecule has 0 saturated heterocycles. The van der Waals surface area contributed by atoms with Crippen LogP contribution in [0.4, 0.5) is 5.95 Å². The van der Waals surface area contributed by atoms with E-state index in [1.807, 2.05) is 37.3 Å². The van der Waals surface area contributed by atoms with Crippen LogP contribution < -0.4 is 14.8 Å². The Bertz CT molecular complexity index is 1250. The first-order valence-corrected chi connectivity index (χ1v) is 13.0. The van der Waals surface area contributed by atoms with Crippen molar-refractivity contribution in [3.05, 3.63) is 70.4 Å². The fraction of sp³-hybridized carbons (Fsp3) is 0.370. The van der Waals surface area contributed by atoms with Crippen molar-refractivity contribution in [2.75, 3.05) is 25.3 Å². The number of thioether (sulfide) groups is 1. The minimum atomic E-state index is -0.526. The SMILES string of the molecule is CCCCSc1nc2n(n1)C(c1ccc(OCc3ccc(C)cc3)c(OC)c1)C(C(=O)OC)=C(C)N2. The Labute approximate surface area is 216 Å². The van der Waals surface area contributed by atoms with Crippen molar-refractivity contribution >= 4 is 23.7 Å². The molecule has 9 heteroatoms. The van der Waals surface area contributed by atoms with Crippen LogP contribution in [0.25, 0.3) is 0 Å². The van der Waals surface area contributed by atoms with Crippen LogP contribution in [0.1, 0.15) is 49.4 Å². The number of carbonyl (C=O) groups excluding carboxylic acids is 1. The number of nitrogens with one attached hydrogen (secondary N) is 1. The van der Waals surface area contributed by atoms with E-state index in [1.165, 1.54) is 12.7 Å². The number of anilines is 1. The number of hydrogen-bond acceptors (Lipinski definition) is 8. The number of aromatic nitrogens is 3. The van der Waals surface area contributed by atoms with Crippen molar-refractivity contribution < 1.29 is 19.0 Å². The Hall–Kier alpha value is -3.46. The van der Waals surface area contributed by atoms with Gasteiger partial charge >= 0.3 is 5.97 Å². The smallest absolute Gasteiger partial charge is 0.338 e. The molecule has 8 nitrogen and oxygen atoms in total. The van der Waals surface area contributed by atoms with Crippen molar-refractivity contribution in [2.45, 2.75) is 51.4 Å². The van der Waals surface area contributed by atoms with Crippen molar-refractivity contribution in [3.63, 3.8) is 0 Å².